The lowest BCUT2D eigenvalue weighted by Gasteiger charge is -2.26. The number of carbonyl (C=O) groups excluding carboxylic acids is 1. The Kier molecular flexibility index (Phi) is 4.10. The summed E-state index contributed by atoms with van der Waals surface area (Å²) < 4.78 is 13.1. The van der Waals surface area contributed by atoms with Gasteiger partial charge in [0, 0.05) is 25.2 Å². The van der Waals surface area contributed by atoms with Crippen molar-refractivity contribution in [3.8, 4) is 5.75 Å². The van der Waals surface area contributed by atoms with Crippen LogP contribution in [0.2, 0.25) is 0 Å². The number of benzene rings is 1. The van der Waals surface area contributed by atoms with E-state index in [1.54, 1.807) is 0 Å². The summed E-state index contributed by atoms with van der Waals surface area (Å²) in [6.45, 7) is 2.39. The summed E-state index contributed by atoms with van der Waals surface area (Å²) in [5, 5.41) is 13.2. The number of aromatic hydroxyl groups is 1. The second kappa shape index (κ2) is 6.02. The highest BCUT2D eigenvalue weighted by molar-refractivity contribution is 5.96. The molecule has 1 aromatic carbocycles. The van der Waals surface area contributed by atoms with Crippen LogP contribution in [0, 0.1) is 11.7 Å². The van der Waals surface area contributed by atoms with Gasteiger partial charge in [-0.1, -0.05) is 0 Å². The molecule has 0 aromatic heterocycles. The fourth-order valence-electron chi connectivity index (χ4n) is 2.89. The zero-order valence-electron chi connectivity index (χ0n) is 12.0. The molecule has 1 unspecified atom stereocenters. The average Bonchev–Trinajstić information content (AvgIpc) is 3.11. The minimum Gasteiger partial charge on any atom is -0.507 e. The maximum absolute atomic E-state index is 13.1. The van der Waals surface area contributed by atoms with Gasteiger partial charge in [0.15, 0.2) is 0 Å². The van der Waals surface area contributed by atoms with Gasteiger partial charge in [0.1, 0.15) is 11.6 Å². The van der Waals surface area contributed by atoms with E-state index < -0.39 is 5.82 Å². The molecule has 1 aromatic rings. The van der Waals surface area contributed by atoms with Crippen LogP contribution in [0.3, 0.4) is 0 Å². The number of rotatable bonds is 5. The fraction of sp³-hybridized carbons (Fsp3) is 0.562. The van der Waals surface area contributed by atoms with Crippen molar-refractivity contribution in [3.05, 3.63) is 29.6 Å². The minimum absolute atomic E-state index is 0.190. The van der Waals surface area contributed by atoms with Gasteiger partial charge in [-0.15, -0.1) is 0 Å². The first-order valence-electron chi connectivity index (χ1n) is 7.64. The molecule has 3 rings (SSSR count). The highest BCUT2D eigenvalue weighted by atomic mass is 19.1. The van der Waals surface area contributed by atoms with Crippen LogP contribution >= 0.6 is 0 Å². The molecule has 1 aliphatic heterocycles. The Balaban J connectivity index is 1.75. The quantitative estimate of drug-likeness (QED) is 0.874. The molecule has 0 bridgehead atoms. The monoisotopic (exact) mass is 292 g/mol. The number of hydrogen-bond acceptors (Lipinski definition) is 3. The lowest BCUT2D eigenvalue weighted by molar-refractivity contribution is 0.0730. The molecule has 1 atom stereocenters. The number of nitrogens with one attached hydrogen (secondary N) is 1. The van der Waals surface area contributed by atoms with Gasteiger partial charge >= 0.3 is 0 Å². The van der Waals surface area contributed by atoms with Crippen molar-refractivity contribution in [1.82, 2.24) is 10.2 Å². The van der Waals surface area contributed by atoms with Gasteiger partial charge in [-0.2, -0.15) is 0 Å². The molecule has 0 radical (unpaired) electrons. The Hall–Kier alpha value is -1.62. The summed E-state index contributed by atoms with van der Waals surface area (Å²) in [4.78, 5) is 14.5. The third kappa shape index (κ3) is 3.53. The maximum atomic E-state index is 13.1. The van der Waals surface area contributed by atoms with E-state index >= 15 is 0 Å². The lowest BCUT2D eigenvalue weighted by atomic mass is 10.1. The normalized spacial score (nSPS) is 21.5. The number of amides is 1. The third-order valence-electron chi connectivity index (χ3n) is 4.26. The van der Waals surface area contributed by atoms with Gasteiger partial charge in [-0.25, -0.2) is 4.39 Å². The third-order valence-corrected chi connectivity index (χ3v) is 4.26. The van der Waals surface area contributed by atoms with E-state index in [2.05, 4.69) is 5.32 Å². The van der Waals surface area contributed by atoms with Gasteiger partial charge in [-0.3, -0.25) is 4.79 Å². The van der Waals surface area contributed by atoms with E-state index in [-0.39, 0.29) is 17.2 Å². The second-order valence-electron chi connectivity index (χ2n) is 6.11. The molecule has 5 heteroatoms. The van der Waals surface area contributed by atoms with E-state index in [1.165, 1.54) is 12.1 Å². The van der Waals surface area contributed by atoms with E-state index in [0.29, 0.717) is 18.5 Å². The Morgan fingerprint density at radius 1 is 1.33 bits per heavy atom. The van der Waals surface area contributed by atoms with Crippen LogP contribution in [0.25, 0.3) is 0 Å². The minimum atomic E-state index is -0.532. The second-order valence-corrected chi connectivity index (χ2v) is 6.11. The first-order chi connectivity index (χ1) is 10.1. The Bertz CT molecular complexity index is 525. The standard InChI is InChI=1S/C16H21FN2O2/c17-12-5-6-14(15(20)8-12)16(21)19(9-11-3-4-11)10-13-2-1-7-18-13/h5-6,8,11,13,18,20H,1-4,7,9-10H2. The molecule has 0 spiro atoms. The molecule has 2 aliphatic rings. The van der Waals surface area contributed by atoms with Crippen LogP contribution < -0.4 is 5.32 Å². The van der Waals surface area contributed by atoms with E-state index in [9.17, 15) is 14.3 Å². The van der Waals surface area contributed by atoms with Crippen LogP contribution in [-0.4, -0.2) is 41.6 Å². The summed E-state index contributed by atoms with van der Waals surface area (Å²) in [7, 11) is 0. The molecule has 21 heavy (non-hydrogen) atoms. The molecule has 114 valence electrons. The largest absolute Gasteiger partial charge is 0.507 e. The molecular formula is C16H21FN2O2. The topological polar surface area (TPSA) is 52.6 Å². The van der Waals surface area contributed by atoms with Crippen molar-refractivity contribution in [3.63, 3.8) is 0 Å². The SMILES string of the molecule is O=C(c1ccc(F)cc1O)N(CC1CC1)CC1CCCN1. The van der Waals surface area contributed by atoms with Crippen molar-refractivity contribution in [1.29, 1.82) is 0 Å². The van der Waals surface area contributed by atoms with Crippen molar-refractivity contribution >= 4 is 5.91 Å². The van der Waals surface area contributed by atoms with Gasteiger partial charge in [-0.05, 0) is 50.3 Å². The van der Waals surface area contributed by atoms with Crippen molar-refractivity contribution in [2.45, 2.75) is 31.7 Å². The van der Waals surface area contributed by atoms with Gasteiger partial charge in [0.05, 0.1) is 5.56 Å². The van der Waals surface area contributed by atoms with Crippen molar-refractivity contribution in [2.75, 3.05) is 19.6 Å². The first kappa shape index (κ1) is 14.3. The Morgan fingerprint density at radius 3 is 2.76 bits per heavy atom. The van der Waals surface area contributed by atoms with Crippen LogP contribution in [-0.2, 0) is 0 Å². The van der Waals surface area contributed by atoms with Gasteiger partial charge in [0.25, 0.3) is 5.91 Å². The number of phenolic OH excluding ortho intramolecular Hbond substituents is 1. The summed E-state index contributed by atoms with van der Waals surface area (Å²) in [6, 6.07) is 3.91. The molecule has 1 aliphatic carbocycles. The number of nitrogens with zero attached hydrogens (tertiary/aromatic N) is 1. The molecule has 2 N–H and O–H groups in total. The summed E-state index contributed by atoms with van der Waals surface area (Å²) in [5.41, 5.74) is 0.190. The zero-order chi connectivity index (χ0) is 14.8. The first-order valence-corrected chi connectivity index (χ1v) is 7.64. The predicted molar refractivity (Wildman–Crippen MR) is 77.7 cm³/mol. The van der Waals surface area contributed by atoms with Crippen LogP contribution in [0.15, 0.2) is 18.2 Å². The zero-order valence-corrected chi connectivity index (χ0v) is 12.0. The molecular weight excluding hydrogens is 271 g/mol. The molecule has 1 amide bonds. The highest BCUT2D eigenvalue weighted by Gasteiger charge is 2.30. The van der Waals surface area contributed by atoms with Crippen LogP contribution in [0.1, 0.15) is 36.0 Å². The van der Waals surface area contributed by atoms with Crippen molar-refractivity contribution < 1.29 is 14.3 Å². The van der Waals surface area contributed by atoms with Gasteiger partial charge in [0.2, 0.25) is 0 Å². The summed E-state index contributed by atoms with van der Waals surface area (Å²) in [5.74, 6) is -0.429. The fourth-order valence-corrected chi connectivity index (χ4v) is 2.89. The molecule has 1 heterocycles. The lowest BCUT2D eigenvalue weighted by Crippen LogP contribution is -2.42. The summed E-state index contributed by atoms with van der Waals surface area (Å²) in [6.07, 6.45) is 4.54. The Morgan fingerprint density at radius 2 is 2.14 bits per heavy atom. The number of phenols is 1. The van der Waals surface area contributed by atoms with Gasteiger partial charge < -0.3 is 15.3 Å². The van der Waals surface area contributed by atoms with E-state index in [1.807, 2.05) is 4.90 Å². The smallest absolute Gasteiger partial charge is 0.257 e. The highest BCUT2D eigenvalue weighted by Crippen LogP contribution is 2.31. The predicted octanol–water partition coefficient (Wildman–Crippen LogP) is 2.14. The number of hydrogen-bond donors (Lipinski definition) is 2. The number of halogens is 1. The average molecular weight is 292 g/mol. The molecule has 2 fully saturated rings. The maximum Gasteiger partial charge on any atom is 0.257 e. The van der Waals surface area contributed by atoms with E-state index in [0.717, 1.165) is 44.8 Å². The molecule has 1 saturated heterocycles. The summed E-state index contributed by atoms with van der Waals surface area (Å²) >= 11 is 0. The van der Waals surface area contributed by atoms with Crippen molar-refractivity contribution in [2.24, 2.45) is 5.92 Å². The Labute approximate surface area is 124 Å². The van der Waals surface area contributed by atoms with Crippen LogP contribution in [0.4, 0.5) is 4.39 Å². The molecule has 4 nitrogen and oxygen atoms in total. The number of carbonyl (C=O) groups is 1. The van der Waals surface area contributed by atoms with E-state index in [4.69, 9.17) is 0 Å². The molecule has 1 saturated carbocycles. The van der Waals surface area contributed by atoms with Crippen LogP contribution in [0.5, 0.6) is 5.75 Å².